The monoisotopic (exact) mass is 463 g/mol. The van der Waals surface area contributed by atoms with Crippen molar-refractivity contribution in [2.75, 3.05) is 45.3 Å². The fourth-order valence-electron chi connectivity index (χ4n) is 3.92. The summed E-state index contributed by atoms with van der Waals surface area (Å²) < 4.78 is 43.1. The van der Waals surface area contributed by atoms with E-state index in [0.717, 1.165) is 0 Å². The van der Waals surface area contributed by atoms with E-state index in [0.29, 0.717) is 38.3 Å². The summed E-state index contributed by atoms with van der Waals surface area (Å²) in [6.07, 6.45) is 2.57. The molecule has 2 aliphatic heterocycles. The van der Waals surface area contributed by atoms with E-state index in [1.165, 1.54) is 40.8 Å². The standard InChI is InChI=1S/C21H25N3O7S/c1-29-18-7-6-15(32(27,28)23-9-12-30-13-10-23)14-16(18)22-20(25)17-4-2-8-24(17)21(26)19-5-3-11-31-19/h3,5-7,11,14,17H,2,4,8-10,12-13H2,1H3,(H,22,25). The van der Waals surface area contributed by atoms with E-state index in [2.05, 4.69) is 5.32 Å². The van der Waals surface area contributed by atoms with Gasteiger partial charge in [0.2, 0.25) is 15.9 Å². The molecule has 1 aromatic heterocycles. The first-order chi connectivity index (χ1) is 15.4. The molecule has 0 radical (unpaired) electrons. The number of hydrogen-bond acceptors (Lipinski definition) is 7. The molecular formula is C21H25N3O7S. The number of ether oxygens (including phenoxy) is 2. The SMILES string of the molecule is COc1ccc(S(=O)(=O)N2CCOCC2)cc1NC(=O)C1CCCN1C(=O)c1ccco1. The lowest BCUT2D eigenvalue weighted by atomic mass is 10.2. The molecule has 32 heavy (non-hydrogen) atoms. The maximum absolute atomic E-state index is 13.1. The summed E-state index contributed by atoms with van der Waals surface area (Å²) in [4.78, 5) is 27.3. The van der Waals surface area contributed by atoms with Gasteiger partial charge in [0.05, 0.1) is 37.2 Å². The van der Waals surface area contributed by atoms with Gasteiger partial charge in [-0.1, -0.05) is 0 Å². The van der Waals surface area contributed by atoms with Crippen LogP contribution in [0.5, 0.6) is 5.75 Å². The summed E-state index contributed by atoms with van der Waals surface area (Å²) in [5.41, 5.74) is 0.226. The Morgan fingerprint density at radius 2 is 1.94 bits per heavy atom. The number of morpholine rings is 1. The molecule has 1 unspecified atom stereocenters. The first-order valence-electron chi connectivity index (χ1n) is 10.3. The van der Waals surface area contributed by atoms with Crippen LogP contribution in [0.2, 0.25) is 0 Å². The molecule has 1 aromatic carbocycles. The number of carbonyl (C=O) groups excluding carboxylic acids is 2. The third-order valence-electron chi connectivity index (χ3n) is 5.58. The summed E-state index contributed by atoms with van der Waals surface area (Å²) in [5.74, 6) is -0.285. The van der Waals surface area contributed by atoms with Gasteiger partial charge in [-0.2, -0.15) is 4.31 Å². The van der Waals surface area contributed by atoms with Gasteiger partial charge in [0, 0.05) is 19.6 Å². The summed E-state index contributed by atoms with van der Waals surface area (Å²) in [6.45, 7) is 1.63. The molecule has 2 aliphatic rings. The first kappa shape index (κ1) is 22.3. The predicted octanol–water partition coefficient (Wildman–Crippen LogP) is 1.55. The van der Waals surface area contributed by atoms with Crippen LogP contribution in [0.15, 0.2) is 45.9 Å². The minimum atomic E-state index is -3.75. The zero-order valence-corrected chi connectivity index (χ0v) is 18.5. The molecule has 0 aliphatic carbocycles. The second-order valence-corrected chi connectivity index (χ2v) is 9.44. The van der Waals surface area contributed by atoms with Crippen LogP contribution in [-0.4, -0.2) is 75.4 Å². The molecule has 0 saturated carbocycles. The van der Waals surface area contributed by atoms with Crippen molar-refractivity contribution in [3.63, 3.8) is 0 Å². The Hall–Kier alpha value is -2.89. The van der Waals surface area contributed by atoms with Crippen molar-refractivity contribution in [2.24, 2.45) is 0 Å². The number of furan rings is 1. The Morgan fingerprint density at radius 1 is 1.16 bits per heavy atom. The van der Waals surface area contributed by atoms with Gasteiger partial charge in [0.1, 0.15) is 11.8 Å². The third-order valence-corrected chi connectivity index (χ3v) is 7.48. The van der Waals surface area contributed by atoms with Crippen LogP contribution in [-0.2, 0) is 19.6 Å². The van der Waals surface area contributed by atoms with Crippen LogP contribution in [0.1, 0.15) is 23.4 Å². The summed E-state index contributed by atoms with van der Waals surface area (Å²) in [6, 6.07) is 6.80. The highest BCUT2D eigenvalue weighted by molar-refractivity contribution is 7.89. The van der Waals surface area contributed by atoms with E-state index in [4.69, 9.17) is 13.9 Å². The van der Waals surface area contributed by atoms with Gasteiger partial charge in [0.25, 0.3) is 5.91 Å². The van der Waals surface area contributed by atoms with E-state index in [1.54, 1.807) is 12.1 Å². The van der Waals surface area contributed by atoms with Gasteiger partial charge in [-0.05, 0) is 43.2 Å². The third kappa shape index (κ3) is 4.36. The maximum Gasteiger partial charge on any atom is 0.290 e. The van der Waals surface area contributed by atoms with Crippen LogP contribution in [0.4, 0.5) is 5.69 Å². The molecule has 1 N–H and O–H groups in total. The predicted molar refractivity (Wildman–Crippen MR) is 114 cm³/mol. The number of methoxy groups -OCH3 is 1. The summed E-state index contributed by atoms with van der Waals surface area (Å²) >= 11 is 0. The van der Waals surface area contributed by atoms with Crippen molar-refractivity contribution in [1.82, 2.24) is 9.21 Å². The fraction of sp³-hybridized carbons (Fsp3) is 0.429. The molecule has 11 heteroatoms. The maximum atomic E-state index is 13.1. The normalized spacial score (nSPS) is 19.7. The number of benzene rings is 1. The zero-order chi connectivity index (χ0) is 22.7. The van der Waals surface area contributed by atoms with Crippen LogP contribution in [0.25, 0.3) is 0 Å². The topological polar surface area (TPSA) is 118 Å². The number of amides is 2. The molecule has 4 rings (SSSR count). The number of sulfonamides is 1. The van der Waals surface area contributed by atoms with Crippen molar-refractivity contribution in [3.05, 3.63) is 42.4 Å². The number of anilines is 1. The minimum absolute atomic E-state index is 0.0467. The lowest BCUT2D eigenvalue weighted by Crippen LogP contribution is -2.43. The molecule has 1 atom stereocenters. The quantitative estimate of drug-likeness (QED) is 0.690. The lowest BCUT2D eigenvalue weighted by molar-refractivity contribution is -0.119. The van der Waals surface area contributed by atoms with Gasteiger partial charge in [-0.3, -0.25) is 9.59 Å². The zero-order valence-electron chi connectivity index (χ0n) is 17.7. The molecule has 172 valence electrons. The van der Waals surface area contributed by atoms with Crippen molar-refractivity contribution in [1.29, 1.82) is 0 Å². The number of rotatable bonds is 6. The number of nitrogens with one attached hydrogen (secondary N) is 1. The Labute approximate surface area is 186 Å². The van der Waals surface area contributed by atoms with E-state index >= 15 is 0 Å². The van der Waals surface area contributed by atoms with E-state index in [-0.39, 0.29) is 35.3 Å². The Morgan fingerprint density at radius 3 is 2.62 bits per heavy atom. The molecule has 2 saturated heterocycles. The first-order valence-corrected chi connectivity index (χ1v) is 11.8. The van der Waals surface area contributed by atoms with Gasteiger partial charge in [0.15, 0.2) is 5.76 Å². The highest BCUT2D eigenvalue weighted by Gasteiger charge is 2.36. The molecule has 0 bridgehead atoms. The highest BCUT2D eigenvalue weighted by atomic mass is 32.2. The molecule has 10 nitrogen and oxygen atoms in total. The Kier molecular flexibility index (Phi) is 6.49. The van der Waals surface area contributed by atoms with Crippen LogP contribution in [0, 0.1) is 0 Å². The minimum Gasteiger partial charge on any atom is -0.495 e. The van der Waals surface area contributed by atoms with Crippen LogP contribution in [0.3, 0.4) is 0 Å². The number of nitrogens with zero attached hydrogens (tertiary/aromatic N) is 2. The smallest absolute Gasteiger partial charge is 0.290 e. The summed E-state index contributed by atoms with van der Waals surface area (Å²) in [7, 11) is -2.31. The van der Waals surface area contributed by atoms with Gasteiger partial charge < -0.3 is 24.1 Å². The van der Waals surface area contributed by atoms with Gasteiger partial charge in [-0.15, -0.1) is 0 Å². The highest BCUT2D eigenvalue weighted by Crippen LogP contribution is 2.30. The van der Waals surface area contributed by atoms with Crippen LogP contribution >= 0.6 is 0 Å². The average Bonchev–Trinajstić information content (AvgIpc) is 3.51. The second-order valence-electron chi connectivity index (χ2n) is 7.50. The Balaban J connectivity index is 1.55. The molecule has 2 amide bonds. The Bertz CT molecular complexity index is 1080. The van der Waals surface area contributed by atoms with Crippen molar-refractivity contribution >= 4 is 27.5 Å². The second kappa shape index (κ2) is 9.31. The largest absolute Gasteiger partial charge is 0.495 e. The van der Waals surface area contributed by atoms with E-state index in [9.17, 15) is 18.0 Å². The summed E-state index contributed by atoms with van der Waals surface area (Å²) in [5, 5.41) is 2.75. The van der Waals surface area contributed by atoms with Gasteiger partial charge >= 0.3 is 0 Å². The van der Waals surface area contributed by atoms with Crippen molar-refractivity contribution < 1.29 is 31.9 Å². The van der Waals surface area contributed by atoms with Gasteiger partial charge in [-0.25, -0.2) is 8.42 Å². The average molecular weight is 464 g/mol. The number of hydrogen-bond donors (Lipinski definition) is 1. The lowest BCUT2D eigenvalue weighted by Gasteiger charge is -2.26. The van der Waals surface area contributed by atoms with E-state index in [1.807, 2.05) is 0 Å². The fourth-order valence-corrected chi connectivity index (χ4v) is 5.36. The molecule has 2 aromatic rings. The molecule has 3 heterocycles. The molecule has 0 spiro atoms. The van der Waals surface area contributed by atoms with E-state index < -0.39 is 22.0 Å². The molecule has 2 fully saturated rings. The molecular weight excluding hydrogens is 438 g/mol. The number of likely N-dealkylation sites (tertiary alicyclic amines) is 1. The number of carbonyl (C=O) groups is 2. The van der Waals surface area contributed by atoms with Crippen molar-refractivity contribution in [3.8, 4) is 5.75 Å². The van der Waals surface area contributed by atoms with Crippen molar-refractivity contribution in [2.45, 2.75) is 23.8 Å². The van der Waals surface area contributed by atoms with Crippen LogP contribution < -0.4 is 10.1 Å².